The number of nitrogens with zero attached hydrogens (tertiary/aromatic N) is 3. The molecule has 1 aromatic carbocycles. The molecule has 0 bridgehead atoms. The molecule has 1 N–H and O–H groups in total. The Morgan fingerprint density at radius 1 is 1.23 bits per heavy atom. The summed E-state index contributed by atoms with van der Waals surface area (Å²) in [6.07, 6.45) is 8.63. The summed E-state index contributed by atoms with van der Waals surface area (Å²) in [5.74, 6) is -2.54. The fraction of sp³-hybridized carbons (Fsp3) is 0.480. The monoisotopic (exact) mass is 424 g/mol. The molecule has 1 fully saturated rings. The Hall–Kier alpha value is -2.81. The van der Waals surface area contributed by atoms with Crippen LogP contribution in [-0.2, 0) is 11.3 Å². The van der Waals surface area contributed by atoms with Gasteiger partial charge in [0.25, 0.3) is 5.92 Å². The molecule has 0 radical (unpaired) electrons. The van der Waals surface area contributed by atoms with E-state index in [0.717, 1.165) is 36.6 Å². The van der Waals surface area contributed by atoms with Crippen LogP contribution in [-0.4, -0.2) is 15.2 Å². The fourth-order valence-electron chi connectivity index (χ4n) is 4.59. The minimum absolute atomic E-state index is 0. The Bertz CT molecular complexity index is 1110. The normalized spacial score (nSPS) is 17.0. The third kappa shape index (κ3) is 4.19. The summed E-state index contributed by atoms with van der Waals surface area (Å²) in [4.78, 5) is 4.26. The van der Waals surface area contributed by atoms with Gasteiger partial charge in [-0.1, -0.05) is 32.6 Å². The first-order chi connectivity index (χ1) is 14.9. The van der Waals surface area contributed by atoms with E-state index in [-0.39, 0.29) is 13.4 Å². The number of nitrogens with one attached hydrogen (secondary N) is 1. The molecule has 0 saturated heterocycles. The molecule has 2 heterocycles. The number of fused-ring (bicyclic) bond motifs is 1. The molecule has 0 amide bonds. The number of aromatic nitrogens is 3. The number of benzene rings is 1. The third-order valence-electron chi connectivity index (χ3n) is 6.95. The molecule has 1 saturated carbocycles. The van der Waals surface area contributed by atoms with E-state index in [0.29, 0.717) is 35.5 Å². The van der Waals surface area contributed by atoms with Gasteiger partial charge in [-0.25, -0.2) is 13.8 Å². The summed E-state index contributed by atoms with van der Waals surface area (Å²) in [6, 6.07) is 9.13. The highest BCUT2D eigenvalue weighted by Crippen LogP contribution is 2.42. The lowest BCUT2D eigenvalue weighted by Crippen LogP contribution is -2.21. The van der Waals surface area contributed by atoms with Gasteiger partial charge in [0.1, 0.15) is 0 Å². The smallest absolute Gasteiger partial charge is 0.261 e. The lowest BCUT2D eigenvalue weighted by molar-refractivity contribution is -0.0191. The van der Waals surface area contributed by atoms with Gasteiger partial charge < -0.3 is 0 Å². The molecule has 4 rings (SSSR count). The van der Waals surface area contributed by atoms with Crippen molar-refractivity contribution in [1.82, 2.24) is 15.2 Å². The highest BCUT2D eigenvalue weighted by molar-refractivity contribution is 5.92. The molecule has 1 unspecified atom stereocenters. The van der Waals surface area contributed by atoms with E-state index < -0.39 is 11.3 Å². The van der Waals surface area contributed by atoms with Crippen LogP contribution in [0.5, 0.6) is 0 Å². The zero-order valence-electron chi connectivity index (χ0n) is 18.1. The van der Waals surface area contributed by atoms with Gasteiger partial charge in [-0.15, -0.1) is 0 Å². The number of nitriles is 1. The van der Waals surface area contributed by atoms with Gasteiger partial charge in [-0.05, 0) is 66.6 Å². The van der Waals surface area contributed by atoms with E-state index in [9.17, 15) is 5.26 Å². The second-order valence-electron chi connectivity index (χ2n) is 8.98. The summed E-state index contributed by atoms with van der Waals surface area (Å²) >= 11 is 0. The number of hydrogen-bond donors (Lipinski definition) is 1. The van der Waals surface area contributed by atoms with Crippen molar-refractivity contribution in [3.05, 3.63) is 47.8 Å². The Kier molecular flexibility index (Phi) is 5.79. The van der Waals surface area contributed by atoms with Crippen molar-refractivity contribution in [3.8, 4) is 17.2 Å². The van der Waals surface area contributed by atoms with Gasteiger partial charge in [-0.2, -0.15) is 10.4 Å². The number of pyridine rings is 1. The maximum Gasteiger partial charge on any atom is 0.273 e. The van der Waals surface area contributed by atoms with Crippen LogP contribution in [0.15, 0.2) is 36.7 Å². The standard InChI is InChI=1S/C25H28F2N4.H2/c1-3-24(2,16-28)19-12-18(21-9-11-29-23-22(21)15-30-31-23)13-20(14-19)25(26,27)10-8-17-6-4-5-7-17;/h9,11-15,17H,3-8,10H2,1-2H3,(H,29,30,31);1H. The lowest BCUT2D eigenvalue weighted by Gasteiger charge is -2.25. The molecule has 1 aliphatic rings. The molecule has 6 heteroatoms. The number of halogens is 2. The molecule has 1 aliphatic carbocycles. The second kappa shape index (κ2) is 8.37. The van der Waals surface area contributed by atoms with Gasteiger partial charge in [0.05, 0.1) is 17.7 Å². The number of rotatable bonds is 7. The van der Waals surface area contributed by atoms with E-state index in [1.807, 2.05) is 26.0 Å². The highest BCUT2D eigenvalue weighted by Gasteiger charge is 2.35. The Morgan fingerprint density at radius 2 is 1.97 bits per heavy atom. The zero-order chi connectivity index (χ0) is 22.1. The first-order valence-corrected chi connectivity index (χ1v) is 11.1. The average molecular weight is 425 g/mol. The van der Waals surface area contributed by atoms with Gasteiger partial charge >= 0.3 is 0 Å². The first-order valence-electron chi connectivity index (χ1n) is 11.1. The molecule has 4 nitrogen and oxygen atoms in total. The van der Waals surface area contributed by atoms with Gasteiger partial charge in [-0.3, -0.25) is 5.10 Å². The van der Waals surface area contributed by atoms with Crippen molar-refractivity contribution in [2.45, 2.75) is 70.1 Å². The summed E-state index contributed by atoms with van der Waals surface area (Å²) in [5.41, 5.74) is 1.83. The molecule has 3 aromatic rings. The van der Waals surface area contributed by atoms with E-state index in [4.69, 9.17) is 0 Å². The van der Waals surface area contributed by atoms with Crippen LogP contribution in [0.3, 0.4) is 0 Å². The van der Waals surface area contributed by atoms with Gasteiger partial charge in [0.15, 0.2) is 5.65 Å². The third-order valence-corrected chi connectivity index (χ3v) is 6.95. The molecule has 0 aliphatic heterocycles. The second-order valence-corrected chi connectivity index (χ2v) is 8.98. The summed E-state index contributed by atoms with van der Waals surface area (Å²) < 4.78 is 30.8. The molecule has 2 aromatic heterocycles. The minimum atomic E-state index is -2.94. The zero-order valence-corrected chi connectivity index (χ0v) is 18.1. The van der Waals surface area contributed by atoms with Crippen molar-refractivity contribution in [2.75, 3.05) is 0 Å². The maximum absolute atomic E-state index is 15.4. The molecule has 0 spiro atoms. The van der Waals surface area contributed by atoms with E-state index in [1.54, 1.807) is 24.5 Å². The van der Waals surface area contributed by atoms with Crippen LogP contribution in [0.4, 0.5) is 8.78 Å². The van der Waals surface area contributed by atoms with Gasteiger partial charge in [0.2, 0.25) is 0 Å². The van der Waals surface area contributed by atoms with Crippen molar-refractivity contribution in [3.63, 3.8) is 0 Å². The number of hydrogen-bond acceptors (Lipinski definition) is 3. The van der Waals surface area contributed by atoms with Crippen LogP contribution in [0.25, 0.3) is 22.2 Å². The maximum atomic E-state index is 15.4. The summed E-state index contributed by atoms with van der Waals surface area (Å²) in [6.45, 7) is 3.72. The van der Waals surface area contributed by atoms with Crippen LogP contribution < -0.4 is 0 Å². The van der Waals surface area contributed by atoms with E-state index in [2.05, 4.69) is 21.3 Å². The quantitative estimate of drug-likeness (QED) is 0.439. The molecule has 164 valence electrons. The van der Waals surface area contributed by atoms with E-state index in [1.165, 1.54) is 0 Å². The van der Waals surface area contributed by atoms with Crippen LogP contribution in [0, 0.1) is 17.2 Å². The van der Waals surface area contributed by atoms with Gasteiger partial charge in [0, 0.05) is 25.0 Å². The number of aromatic amines is 1. The molecule has 31 heavy (non-hydrogen) atoms. The summed E-state index contributed by atoms with van der Waals surface area (Å²) in [5, 5.41) is 17.5. The topological polar surface area (TPSA) is 65.4 Å². The van der Waals surface area contributed by atoms with Crippen LogP contribution in [0.1, 0.15) is 71.3 Å². The summed E-state index contributed by atoms with van der Waals surface area (Å²) in [7, 11) is 0. The van der Waals surface area contributed by atoms with Crippen molar-refractivity contribution >= 4 is 11.0 Å². The predicted octanol–water partition coefficient (Wildman–Crippen LogP) is 7.12. The average Bonchev–Trinajstić information content (AvgIpc) is 3.48. The van der Waals surface area contributed by atoms with Crippen LogP contribution in [0.2, 0.25) is 0 Å². The molecular weight excluding hydrogens is 394 g/mol. The SMILES string of the molecule is CCC(C)(C#N)c1cc(-c2ccnc3[nH]ncc23)cc(C(F)(F)CCC2CCCC2)c1.[HH]. The largest absolute Gasteiger partial charge is 0.273 e. The fourth-order valence-corrected chi connectivity index (χ4v) is 4.59. The molecule has 1 atom stereocenters. The number of H-pyrrole nitrogens is 1. The van der Waals surface area contributed by atoms with Crippen molar-refractivity contribution in [1.29, 1.82) is 5.26 Å². The predicted molar refractivity (Wildman–Crippen MR) is 120 cm³/mol. The first kappa shape index (κ1) is 21.4. The highest BCUT2D eigenvalue weighted by atomic mass is 19.3. The Labute approximate surface area is 183 Å². The van der Waals surface area contributed by atoms with Crippen molar-refractivity contribution in [2.24, 2.45) is 5.92 Å². The minimum Gasteiger partial charge on any atom is -0.261 e. The molecular formula is C25H30F2N4. The number of alkyl halides is 2. The van der Waals surface area contributed by atoms with Crippen LogP contribution >= 0.6 is 0 Å². The van der Waals surface area contributed by atoms with Crippen molar-refractivity contribution < 1.29 is 10.2 Å². The Balaban J connectivity index is 0.00000289. The lowest BCUT2D eigenvalue weighted by atomic mass is 9.79. The Morgan fingerprint density at radius 3 is 2.68 bits per heavy atom. The van der Waals surface area contributed by atoms with E-state index >= 15 is 8.78 Å².